The van der Waals surface area contributed by atoms with Crippen LogP contribution >= 0.6 is 11.6 Å². The first-order valence-corrected chi connectivity index (χ1v) is 13.6. The van der Waals surface area contributed by atoms with Crippen molar-refractivity contribution >= 4 is 45.7 Å². The number of amides is 1. The van der Waals surface area contributed by atoms with E-state index in [0.717, 1.165) is 44.3 Å². The fourth-order valence-electron chi connectivity index (χ4n) is 4.72. The predicted octanol–water partition coefficient (Wildman–Crippen LogP) is 4.17. The number of aromatic amines is 1. The van der Waals surface area contributed by atoms with Crippen LogP contribution in [0.2, 0.25) is 5.02 Å². The fraction of sp³-hybridized carbons (Fsp3) is 0.357. The zero-order chi connectivity index (χ0) is 27.9. The zero-order valence-corrected chi connectivity index (χ0v) is 22.9. The lowest BCUT2D eigenvalue weighted by Gasteiger charge is -2.29. The van der Waals surface area contributed by atoms with E-state index in [0.29, 0.717) is 51.7 Å². The topological polar surface area (TPSA) is 138 Å². The lowest BCUT2D eigenvalue weighted by atomic mass is 10.1. The first-order chi connectivity index (χ1) is 19.5. The van der Waals surface area contributed by atoms with Gasteiger partial charge in [-0.3, -0.25) is 9.89 Å². The third-order valence-electron chi connectivity index (χ3n) is 6.61. The smallest absolute Gasteiger partial charge is 0.230 e. The lowest BCUT2D eigenvalue weighted by molar-refractivity contribution is -0.115. The highest BCUT2D eigenvalue weighted by Crippen LogP contribution is 2.34. The van der Waals surface area contributed by atoms with Gasteiger partial charge in [-0.25, -0.2) is 9.97 Å². The van der Waals surface area contributed by atoms with E-state index in [1.807, 2.05) is 12.1 Å². The van der Waals surface area contributed by atoms with E-state index < -0.39 is 0 Å². The van der Waals surface area contributed by atoms with E-state index in [4.69, 9.17) is 21.1 Å². The molecule has 1 fully saturated rings. The van der Waals surface area contributed by atoms with Crippen molar-refractivity contribution in [2.24, 2.45) is 0 Å². The molecule has 1 unspecified atom stereocenters. The number of rotatable bonds is 11. The molecule has 1 aliphatic rings. The van der Waals surface area contributed by atoms with Gasteiger partial charge in [-0.2, -0.15) is 5.10 Å². The number of aliphatic hydroxyl groups is 1. The summed E-state index contributed by atoms with van der Waals surface area (Å²) in [5.74, 6) is 2.02. The molecule has 1 saturated heterocycles. The van der Waals surface area contributed by atoms with Crippen LogP contribution in [0, 0.1) is 0 Å². The Morgan fingerprint density at radius 3 is 2.95 bits per heavy atom. The number of carbonyl (C=O) groups excluding carboxylic acids is 1. The van der Waals surface area contributed by atoms with Crippen molar-refractivity contribution in [1.29, 1.82) is 0 Å². The highest BCUT2D eigenvalue weighted by atomic mass is 35.5. The van der Waals surface area contributed by atoms with Crippen molar-refractivity contribution in [2.75, 3.05) is 44.0 Å². The molecule has 4 N–H and O–H groups in total. The zero-order valence-electron chi connectivity index (χ0n) is 22.2. The maximum Gasteiger partial charge on any atom is 0.230 e. The summed E-state index contributed by atoms with van der Waals surface area (Å²) in [4.78, 5) is 23.5. The van der Waals surface area contributed by atoms with Gasteiger partial charge in [-0.05, 0) is 50.1 Å². The molecule has 2 aromatic carbocycles. The third kappa shape index (κ3) is 7.17. The van der Waals surface area contributed by atoms with Gasteiger partial charge >= 0.3 is 0 Å². The summed E-state index contributed by atoms with van der Waals surface area (Å²) in [7, 11) is 1.59. The van der Waals surface area contributed by atoms with Gasteiger partial charge in [-0.15, -0.1) is 0 Å². The standard InChI is InChI=1S/C28H32ClN7O4/c1-39-24-14-22-23(15-25(24)40-10-4-9-36-8-3-7-21(37)16-36)30-17-31-28(22)33-26-12-20(34-35-26)13-27(38)32-19-6-2-5-18(29)11-19/h2,5-6,11-12,14-15,17,21,37H,3-4,7-10,13,16H2,1H3,(H,32,38)(H2,30,31,33,34,35). The molecule has 0 aliphatic carbocycles. The van der Waals surface area contributed by atoms with Crippen molar-refractivity contribution in [2.45, 2.75) is 31.8 Å². The average molecular weight is 566 g/mol. The summed E-state index contributed by atoms with van der Waals surface area (Å²) in [5.41, 5.74) is 1.94. The first-order valence-electron chi connectivity index (χ1n) is 13.2. The number of ether oxygens (including phenoxy) is 2. The SMILES string of the molecule is COc1cc2c(Nc3cc(CC(=O)Nc4cccc(Cl)c4)[nH]n3)ncnc2cc1OCCCN1CCCC(O)C1. The van der Waals surface area contributed by atoms with Crippen molar-refractivity contribution in [3.05, 3.63) is 59.5 Å². The van der Waals surface area contributed by atoms with Crippen LogP contribution in [0.1, 0.15) is 25.0 Å². The maximum absolute atomic E-state index is 12.4. The number of benzene rings is 2. The average Bonchev–Trinajstić information content (AvgIpc) is 3.37. The largest absolute Gasteiger partial charge is 0.493 e. The summed E-state index contributed by atoms with van der Waals surface area (Å²) in [6, 6.07) is 12.4. The van der Waals surface area contributed by atoms with Gasteiger partial charge in [0.25, 0.3) is 0 Å². The van der Waals surface area contributed by atoms with Crippen molar-refractivity contribution < 1.29 is 19.4 Å². The Labute approximate surface area is 236 Å². The van der Waals surface area contributed by atoms with Crippen LogP contribution < -0.4 is 20.1 Å². The number of piperidine rings is 1. The molecule has 11 nitrogen and oxygen atoms in total. The van der Waals surface area contributed by atoms with E-state index in [2.05, 4.69) is 35.7 Å². The number of aliphatic hydroxyl groups excluding tert-OH is 1. The summed E-state index contributed by atoms with van der Waals surface area (Å²) in [6.07, 6.45) is 4.08. The van der Waals surface area contributed by atoms with Crippen LogP contribution in [0.5, 0.6) is 11.5 Å². The van der Waals surface area contributed by atoms with Crippen molar-refractivity contribution in [1.82, 2.24) is 25.1 Å². The number of nitrogens with zero attached hydrogens (tertiary/aromatic N) is 4. The molecule has 3 heterocycles. The van der Waals surface area contributed by atoms with Gasteiger partial charge in [0, 0.05) is 47.0 Å². The second kappa shape index (κ2) is 12.9. The molecule has 1 aliphatic heterocycles. The Hall–Kier alpha value is -3.93. The number of β-amino-alcohol motifs (C(OH)–C–C–N with tert-alkyl or cyclic N) is 1. The fourth-order valence-corrected chi connectivity index (χ4v) is 4.91. The molecule has 1 amide bonds. The Balaban J connectivity index is 1.21. The van der Waals surface area contributed by atoms with Crippen LogP contribution in [0.4, 0.5) is 17.3 Å². The molecular formula is C28H32ClN7O4. The molecule has 0 spiro atoms. The molecular weight excluding hydrogens is 534 g/mol. The van der Waals surface area contributed by atoms with Crippen LogP contribution in [0.3, 0.4) is 0 Å². The molecule has 40 heavy (non-hydrogen) atoms. The quantitative estimate of drug-likeness (QED) is 0.197. The van der Waals surface area contributed by atoms with E-state index >= 15 is 0 Å². The predicted molar refractivity (Wildman–Crippen MR) is 154 cm³/mol. The van der Waals surface area contributed by atoms with Gasteiger partial charge in [0.2, 0.25) is 5.91 Å². The number of anilines is 3. The molecule has 0 saturated carbocycles. The summed E-state index contributed by atoms with van der Waals surface area (Å²) < 4.78 is 11.6. The van der Waals surface area contributed by atoms with E-state index in [-0.39, 0.29) is 18.4 Å². The lowest BCUT2D eigenvalue weighted by Crippen LogP contribution is -2.39. The molecule has 12 heteroatoms. The summed E-state index contributed by atoms with van der Waals surface area (Å²) in [5, 5.41) is 24.3. The van der Waals surface area contributed by atoms with E-state index in [1.165, 1.54) is 6.33 Å². The van der Waals surface area contributed by atoms with Gasteiger partial charge in [-0.1, -0.05) is 17.7 Å². The van der Waals surface area contributed by atoms with Crippen molar-refractivity contribution in [3.63, 3.8) is 0 Å². The van der Waals surface area contributed by atoms with Gasteiger partial charge in [0.1, 0.15) is 12.1 Å². The number of halogens is 1. The van der Waals surface area contributed by atoms with E-state index in [9.17, 15) is 9.90 Å². The number of fused-ring (bicyclic) bond motifs is 1. The van der Waals surface area contributed by atoms with E-state index in [1.54, 1.807) is 37.4 Å². The van der Waals surface area contributed by atoms with Crippen LogP contribution in [0.25, 0.3) is 10.9 Å². The van der Waals surface area contributed by atoms with Crippen molar-refractivity contribution in [3.8, 4) is 11.5 Å². The highest BCUT2D eigenvalue weighted by Gasteiger charge is 2.17. The van der Waals surface area contributed by atoms with Crippen LogP contribution in [-0.4, -0.2) is 75.5 Å². The Morgan fingerprint density at radius 2 is 2.12 bits per heavy atom. The number of hydrogen-bond acceptors (Lipinski definition) is 9. The summed E-state index contributed by atoms with van der Waals surface area (Å²) in [6.45, 7) is 3.12. The molecule has 210 valence electrons. The molecule has 5 rings (SSSR count). The number of hydrogen-bond donors (Lipinski definition) is 4. The number of likely N-dealkylation sites (tertiary alicyclic amines) is 1. The van der Waals surface area contributed by atoms with Crippen LogP contribution in [-0.2, 0) is 11.2 Å². The molecule has 2 aromatic heterocycles. The normalized spacial score (nSPS) is 15.6. The minimum Gasteiger partial charge on any atom is -0.493 e. The maximum atomic E-state index is 12.4. The number of aromatic nitrogens is 4. The van der Waals surface area contributed by atoms with Gasteiger partial charge in [0.05, 0.1) is 31.8 Å². The second-order valence-corrected chi connectivity index (χ2v) is 10.1. The molecule has 4 aromatic rings. The van der Waals surface area contributed by atoms with Gasteiger partial charge in [0.15, 0.2) is 17.3 Å². The second-order valence-electron chi connectivity index (χ2n) is 9.68. The Morgan fingerprint density at radius 1 is 1.23 bits per heavy atom. The highest BCUT2D eigenvalue weighted by molar-refractivity contribution is 6.30. The van der Waals surface area contributed by atoms with Crippen LogP contribution in [0.15, 0.2) is 48.8 Å². The minimum atomic E-state index is -0.231. The Bertz CT molecular complexity index is 1460. The third-order valence-corrected chi connectivity index (χ3v) is 6.85. The minimum absolute atomic E-state index is 0.110. The Kier molecular flexibility index (Phi) is 8.94. The number of H-pyrrole nitrogens is 1. The number of carbonyl (C=O) groups is 1. The molecule has 0 radical (unpaired) electrons. The number of nitrogens with one attached hydrogen (secondary N) is 3. The monoisotopic (exact) mass is 565 g/mol. The summed E-state index contributed by atoms with van der Waals surface area (Å²) >= 11 is 5.99. The van der Waals surface area contributed by atoms with Gasteiger partial charge < -0.3 is 30.1 Å². The number of methoxy groups -OCH3 is 1. The molecule has 1 atom stereocenters. The molecule has 0 bridgehead atoms. The first kappa shape index (κ1) is 27.6.